The van der Waals surface area contributed by atoms with Crippen molar-refractivity contribution in [2.45, 2.75) is 39.5 Å². The fraction of sp³-hybridized carbons (Fsp3) is 0.375. The number of hydrogen-bond acceptors (Lipinski definition) is 3. The first kappa shape index (κ1) is 12.2. The minimum absolute atomic E-state index is 0.522. The van der Waals surface area contributed by atoms with Gasteiger partial charge in [-0.15, -0.1) is 0 Å². The fourth-order valence-corrected chi connectivity index (χ4v) is 2.72. The van der Waals surface area contributed by atoms with E-state index in [9.17, 15) is 0 Å². The molecule has 0 bridgehead atoms. The van der Waals surface area contributed by atoms with Gasteiger partial charge in [-0.1, -0.05) is 17.7 Å². The summed E-state index contributed by atoms with van der Waals surface area (Å²) in [6.45, 7) is 6.38. The zero-order valence-corrected chi connectivity index (χ0v) is 11.7. The molecule has 1 fully saturated rings. The van der Waals surface area contributed by atoms with Gasteiger partial charge in [0.2, 0.25) is 0 Å². The van der Waals surface area contributed by atoms with Gasteiger partial charge in [-0.05, 0) is 44.7 Å². The van der Waals surface area contributed by atoms with E-state index >= 15 is 0 Å². The number of rotatable bonds is 2. The van der Waals surface area contributed by atoms with Gasteiger partial charge in [0.05, 0.1) is 5.69 Å². The highest BCUT2D eigenvalue weighted by Crippen LogP contribution is 2.39. The van der Waals surface area contributed by atoms with Crippen LogP contribution in [0.4, 0.5) is 5.82 Å². The molecular formula is C16H19N3. The van der Waals surface area contributed by atoms with E-state index in [1.165, 1.54) is 35.1 Å². The number of aryl methyl sites for hydroxylation is 3. The van der Waals surface area contributed by atoms with Crippen LogP contribution >= 0.6 is 0 Å². The molecule has 3 nitrogen and oxygen atoms in total. The zero-order valence-electron chi connectivity index (χ0n) is 11.7. The molecule has 0 spiro atoms. The summed E-state index contributed by atoms with van der Waals surface area (Å²) in [6, 6.07) is 6.27. The maximum absolute atomic E-state index is 5.94. The van der Waals surface area contributed by atoms with Gasteiger partial charge in [0.25, 0.3) is 0 Å². The number of nitrogens with zero attached hydrogens (tertiary/aromatic N) is 2. The van der Waals surface area contributed by atoms with E-state index in [1.54, 1.807) is 0 Å². The van der Waals surface area contributed by atoms with Gasteiger partial charge in [0.1, 0.15) is 11.6 Å². The number of aromatic nitrogens is 2. The van der Waals surface area contributed by atoms with Crippen molar-refractivity contribution in [2.75, 3.05) is 5.73 Å². The van der Waals surface area contributed by atoms with E-state index in [1.807, 2.05) is 6.07 Å². The first-order valence-corrected chi connectivity index (χ1v) is 6.77. The average molecular weight is 253 g/mol. The summed E-state index contributed by atoms with van der Waals surface area (Å²) < 4.78 is 0. The third kappa shape index (κ3) is 2.33. The first-order chi connectivity index (χ1) is 9.04. The van der Waals surface area contributed by atoms with Crippen LogP contribution in [0.1, 0.15) is 41.3 Å². The lowest BCUT2D eigenvalue weighted by Crippen LogP contribution is -2.01. The van der Waals surface area contributed by atoms with Crippen molar-refractivity contribution < 1.29 is 0 Å². The summed E-state index contributed by atoms with van der Waals surface area (Å²) in [4.78, 5) is 9.09. The molecule has 2 aromatic rings. The van der Waals surface area contributed by atoms with E-state index in [0.717, 1.165) is 11.5 Å². The van der Waals surface area contributed by atoms with Gasteiger partial charge in [0.15, 0.2) is 0 Å². The van der Waals surface area contributed by atoms with Crippen LogP contribution in [-0.4, -0.2) is 9.97 Å². The highest BCUT2D eigenvalue weighted by atomic mass is 15.0. The van der Waals surface area contributed by atoms with Gasteiger partial charge in [-0.2, -0.15) is 0 Å². The van der Waals surface area contributed by atoms with Gasteiger partial charge in [-0.25, -0.2) is 9.97 Å². The molecule has 0 aliphatic heterocycles. The number of nitrogens with two attached hydrogens (primary N) is 1. The molecule has 98 valence electrons. The molecule has 1 aromatic heterocycles. The van der Waals surface area contributed by atoms with Gasteiger partial charge >= 0.3 is 0 Å². The Kier molecular flexibility index (Phi) is 2.77. The highest BCUT2D eigenvalue weighted by Gasteiger charge is 2.27. The Labute approximate surface area is 113 Å². The smallest absolute Gasteiger partial charge is 0.134 e. The van der Waals surface area contributed by atoms with Crippen LogP contribution in [0.5, 0.6) is 0 Å². The zero-order chi connectivity index (χ0) is 13.6. The largest absolute Gasteiger partial charge is 0.384 e. The van der Waals surface area contributed by atoms with E-state index < -0.39 is 0 Å². The van der Waals surface area contributed by atoms with E-state index in [0.29, 0.717) is 11.7 Å². The lowest BCUT2D eigenvalue weighted by Gasteiger charge is -2.12. The van der Waals surface area contributed by atoms with E-state index in [-0.39, 0.29) is 0 Å². The Morgan fingerprint density at radius 3 is 2.21 bits per heavy atom. The monoisotopic (exact) mass is 253 g/mol. The minimum Gasteiger partial charge on any atom is -0.384 e. The highest BCUT2D eigenvalue weighted by molar-refractivity contribution is 5.69. The molecule has 0 saturated heterocycles. The second-order valence-corrected chi connectivity index (χ2v) is 5.58. The van der Waals surface area contributed by atoms with Crippen LogP contribution in [0.15, 0.2) is 18.2 Å². The Balaban J connectivity index is 2.16. The molecule has 0 unspecified atom stereocenters. The molecule has 2 N–H and O–H groups in total. The Morgan fingerprint density at radius 2 is 1.63 bits per heavy atom. The number of benzene rings is 1. The van der Waals surface area contributed by atoms with Crippen LogP contribution in [0, 0.1) is 20.8 Å². The molecule has 19 heavy (non-hydrogen) atoms. The van der Waals surface area contributed by atoms with Crippen molar-refractivity contribution in [3.8, 4) is 11.3 Å². The SMILES string of the molecule is Cc1cc(C)c(-c2cc(N)nc(C3CC3)n2)c(C)c1. The molecule has 3 heteroatoms. The second-order valence-electron chi connectivity index (χ2n) is 5.58. The van der Waals surface area contributed by atoms with Crippen molar-refractivity contribution in [2.24, 2.45) is 0 Å². The van der Waals surface area contributed by atoms with Crippen LogP contribution < -0.4 is 5.73 Å². The third-order valence-electron chi connectivity index (χ3n) is 3.64. The van der Waals surface area contributed by atoms with Crippen molar-refractivity contribution in [3.05, 3.63) is 40.7 Å². The van der Waals surface area contributed by atoms with Crippen molar-refractivity contribution in [1.29, 1.82) is 0 Å². The summed E-state index contributed by atoms with van der Waals surface area (Å²) in [6.07, 6.45) is 2.38. The van der Waals surface area contributed by atoms with Crippen molar-refractivity contribution in [1.82, 2.24) is 9.97 Å². The minimum atomic E-state index is 0.522. The van der Waals surface area contributed by atoms with Crippen LogP contribution in [-0.2, 0) is 0 Å². The number of hydrogen-bond donors (Lipinski definition) is 1. The predicted octanol–water partition coefficient (Wildman–Crippen LogP) is 3.53. The molecule has 1 aliphatic carbocycles. The topological polar surface area (TPSA) is 51.8 Å². The second kappa shape index (κ2) is 4.34. The normalized spacial score (nSPS) is 14.7. The maximum atomic E-state index is 5.94. The fourth-order valence-electron chi connectivity index (χ4n) is 2.72. The Morgan fingerprint density at radius 1 is 1.00 bits per heavy atom. The summed E-state index contributed by atoms with van der Waals surface area (Å²) in [5.74, 6) is 2.01. The predicted molar refractivity (Wildman–Crippen MR) is 78.1 cm³/mol. The lowest BCUT2D eigenvalue weighted by atomic mass is 9.97. The van der Waals surface area contributed by atoms with Gasteiger partial charge in [0, 0.05) is 17.5 Å². The van der Waals surface area contributed by atoms with E-state index in [4.69, 9.17) is 10.7 Å². The van der Waals surface area contributed by atoms with Crippen molar-refractivity contribution in [3.63, 3.8) is 0 Å². The summed E-state index contributed by atoms with van der Waals surface area (Å²) in [5, 5.41) is 0. The molecule has 1 aromatic carbocycles. The molecule has 0 radical (unpaired) electrons. The van der Waals surface area contributed by atoms with Crippen molar-refractivity contribution >= 4 is 5.82 Å². The molecule has 1 saturated carbocycles. The van der Waals surface area contributed by atoms with Gasteiger partial charge in [-0.3, -0.25) is 0 Å². The standard InChI is InChI=1S/C16H19N3/c1-9-6-10(2)15(11(3)7-9)13-8-14(17)19-16(18-13)12-4-5-12/h6-8,12H,4-5H2,1-3H3,(H2,17,18,19). The molecule has 0 atom stereocenters. The summed E-state index contributed by atoms with van der Waals surface area (Å²) >= 11 is 0. The van der Waals surface area contributed by atoms with Gasteiger partial charge < -0.3 is 5.73 Å². The summed E-state index contributed by atoms with van der Waals surface area (Å²) in [7, 11) is 0. The maximum Gasteiger partial charge on any atom is 0.134 e. The molecular weight excluding hydrogens is 234 g/mol. The van der Waals surface area contributed by atoms with Crippen LogP contribution in [0.2, 0.25) is 0 Å². The van der Waals surface area contributed by atoms with E-state index in [2.05, 4.69) is 37.9 Å². The number of anilines is 1. The molecule has 0 amide bonds. The van der Waals surface area contributed by atoms with Crippen LogP contribution in [0.3, 0.4) is 0 Å². The number of nitrogen functional groups attached to an aromatic ring is 1. The quantitative estimate of drug-likeness (QED) is 0.890. The molecule has 1 aliphatic rings. The Bertz CT molecular complexity index is 619. The molecule has 1 heterocycles. The third-order valence-corrected chi connectivity index (χ3v) is 3.64. The lowest BCUT2D eigenvalue weighted by molar-refractivity contribution is 0.935. The molecule has 3 rings (SSSR count). The summed E-state index contributed by atoms with van der Waals surface area (Å²) in [5.41, 5.74) is 11.9. The average Bonchev–Trinajstić information content (AvgIpc) is 3.10. The first-order valence-electron chi connectivity index (χ1n) is 6.77. The van der Waals surface area contributed by atoms with Crippen LogP contribution in [0.25, 0.3) is 11.3 Å². The Hall–Kier alpha value is -1.90.